The number of carbonyl (C=O) groups is 2. The van der Waals surface area contributed by atoms with Gasteiger partial charge in [-0.1, -0.05) is 28.1 Å². The molecule has 1 aromatic heterocycles. The molecule has 0 saturated heterocycles. The van der Waals surface area contributed by atoms with Crippen molar-refractivity contribution >= 4 is 27.9 Å². The van der Waals surface area contributed by atoms with Crippen LogP contribution in [0.2, 0.25) is 0 Å². The Morgan fingerprint density at radius 1 is 1.23 bits per heavy atom. The maximum atomic E-state index is 13.5. The molecule has 0 radical (unpaired) electrons. The molecule has 2 saturated carbocycles. The molecule has 4 unspecified atom stereocenters. The van der Waals surface area contributed by atoms with Crippen LogP contribution in [0.5, 0.6) is 0 Å². The lowest BCUT2D eigenvalue weighted by molar-refractivity contribution is -0.143. The number of aromatic nitrogens is 2. The molecule has 7 nitrogen and oxygen atoms in total. The van der Waals surface area contributed by atoms with E-state index in [9.17, 15) is 9.59 Å². The van der Waals surface area contributed by atoms with Gasteiger partial charge in [-0.05, 0) is 62.6 Å². The number of halogens is 1. The quantitative estimate of drug-likeness (QED) is 0.639. The van der Waals surface area contributed by atoms with Crippen molar-refractivity contribution in [3.8, 4) is 11.3 Å². The summed E-state index contributed by atoms with van der Waals surface area (Å²) >= 11 is 3.46. The predicted molar refractivity (Wildman–Crippen MR) is 116 cm³/mol. The van der Waals surface area contributed by atoms with Crippen LogP contribution >= 0.6 is 15.9 Å². The van der Waals surface area contributed by atoms with Crippen LogP contribution in [0.3, 0.4) is 0 Å². The van der Waals surface area contributed by atoms with E-state index in [4.69, 9.17) is 4.74 Å². The van der Waals surface area contributed by atoms with Gasteiger partial charge in [0.15, 0.2) is 0 Å². The zero-order valence-electron chi connectivity index (χ0n) is 17.4. The lowest BCUT2D eigenvalue weighted by Crippen LogP contribution is -2.53. The number of carbonyl (C=O) groups excluding carboxylic acids is 2. The van der Waals surface area contributed by atoms with Gasteiger partial charge < -0.3 is 9.72 Å². The van der Waals surface area contributed by atoms with Crippen LogP contribution in [0.15, 0.2) is 34.9 Å². The molecule has 8 heteroatoms. The highest BCUT2D eigenvalue weighted by molar-refractivity contribution is 9.10. The number of hydrogen-bond acceptors (Lipinski definition) is 4. The van der Waals surface area contributed by atoms with E-state index >= 15 is 0 Å². The van der Waals surface area contributed by atoms with E-state index in [0.29, 0.717) is 11.8 Å². The topological polar surface area (TPSA) is 87.3 Å². The summed E-state index contributed by atoms with van der Waals surface area (Å²) in [5.74, 6) is 1.37. The molecular formula is C22H27BrN4O3. The molecule has 2 aromatic rings. The second kappa shape index (κ2) is 8.41. The number of aromatic amines is 1. The number of nitrogens with zero attached hydrogens (tertiary/aromatic N) is 2. The largest absolute Gasteiger partial charge is 0.452 e. The molecular weight excluding hydrogens is 448 g/mol. The van der Waals surface area contributed by atoms with Gasteiger partial charge >= 0.3 is 6.09 Å². The molecule has 2 fully saturated rings. The zero-order chi connectivity index (χ0) is 21.4. The average Bonchev–Trinajstić information content (AvgIpc) is 3.47. The molecule has 2 bridgehead atoms. The van der Waals surface area contributed by atoms with Gasteiger partial charge in [0.25, 0.3) is 0 Å². The van der Waals surface area contributed by atoms with E-state index in [1.807, 2.05) is 44.3 Å². The summed E-state index contributed by atoms with van der Waals surface area (Å²) in [5, 5.41) is 1.42. The first-order chi connectivity index (χ1) is 14.4. The molecule has 1 heterocycles. The summed E-state index contributed by atoms with van der Waals surface area (Å²) in [5.41, 5.74) is 4.60. The average molecular weight is 475 g/mol. The first-order valence-electron chi connectivity index (χ1n) is 10.4. The van der Waals surface area contributed by atoms with Crippen molar-refractivity contribution in [1.82, 2.24) is 20.4 Å². The predicted octanol–water partition coefficient (Wildman–Crippen LogP) is 4.48. The van der Waals surface area contributed by atoms with E-state index in [2.05, 4.69) is 31.3 Å². The number of ether oxygens (including phenoxy) is 1. The third-order valence-electron chi connectivity index (χ3n) is 6.42. The number of benzene rings is 1. The lowest BCUT2D eigenvalue weighted by Gasteiger charge is -2.35. The second-order valence-electron chi connectivity index (χ2n) is 8.48. The Hall–Kier alpha value is -2.35. The molecule has 4 rings (SSSR count). The number of H-pyrrole nitrogens is 1. The van der Waals surface area contributed by atoms with Crippen molar-refractivity contribution in [3.63, 3.8) is 0 Å². The van der Waals surface area contributed by atoms with E-state index in [0.717, 1.165) is 40.8 Å². The number of hydrogen-bond donors (Lipinski definition) is 2. The van der Waals surface area contributed by atoms with Crippen LogP contribution in [0, 0.1) is 17.8 Å². The van der Waals surface area contributed by atoms with Gasteiger partial charge in [0.1, 0.15) is 5.82 Å². The molecule has 30 heavy (non-hydrogen) atoms. The lowest BCUT2D eigenvalue weighted by atomic mass is 9.78. The van der Waals surface area contributed by atoms with Crippen molar-refractivity contribution in [2.45, 2.75) is 45.1 Å². The van der Waals surface area contributed by atoms with Gasteiger partial charge in [0.2, 0.25) is 5.91 Å². The molecule has 0 spiro atoms. The summed E-state index contributed by atoms with van der Waals surface area (Å²) < 4.78 is 5.74. The van der Waals surface area contributed by atoms with Gasteiger partial charge in [-0.25, -0.2) is 20.2 Å². The monoisotopic (exact) mass is 474 g/mol. The highest BCUT2D eigenvalue weighted by atomic mass is 79.9. The van der Waals surface area contributed by atoms with Crippen LogP contribution in [0.4, 0.5) is 4.79 Å². The third-order valence-corrected chi connectivity index (χ3v) is 6.95. The number of imidazole rings is 1. The van der Waals surface area contributed by atoms with E-state index in [1.54, 1.807) is 0 Å². The Bertz CT molecular complexity index is 927. The van der Waals surface area contributed by atoms with E-state index in [-0.39, 0.29) is 23.8 Å². The molecule has 160 valence electrons. The molecule has 2 aliphatic carbocycles. The van der Waals surface area contributed by atoms with Gasteiger partial charge in [-0.2, -0.15) is 0 Å². The summed E-state index contributed by atoms with van der Waals surface area (Å²) in [6.45, 7) is 3.77. The van der Waals surface area contributed by atoms with Gasteiger partial charge in [0, 0.05) is 16.4 Å². The molecule has 1 aromatic carbocycles. The third kappa shape index (κ3) is 3.85. The van der Waals surface area contributed by atoms with Crippen molar-refractivity contribution in [3.05, 3.63) is 40.8 Å². The Labute approximate surface area is 184 Å². The minimum Gasteiger partial charge on any atom is -0.452 e. The van der Waals surface area contributed by atoms with Crippen molar-refractivity contribution in [1.29, 1.82) is 0 Å². The van der Waals surface area contributed by atoms with E-state index < -0.39 is 6.09 Å². The highest BCUT2D eigenvalue weighted by Gasteiger charge is 2.53. The highest BCUT2D eigenvalue weighted by Crippen LogP contribution is 2.56. The number of amides is 2. The Kier molecular flexibility index (Phi) is 5.86. The Morgan fingerprint density at radius 3 is 2.60 bits per heavy atom. The molecule has 2 amide bonds. The number of methoxy groups -OCH3 is 1. The Morgan fingerprint density at radius 2 is 1.93 bits per heavy atom. The standard InChI is InChI=1S/C22H27BrN4O3/c1-12(2)27(26-22(29)30-3)21(28)19-15-5-4-14(10-15)18(19)20-24-11-17(25-20)13-6-8-16(23)9-7-13/h6-9,11-12,14-15,18-19H,4-5,10H2,1-3H3,(H,24,25)(H,26,29). The summed E-state index contributed by atoms with van der Waals surface area (Å²) in [6.07, 6.45) is 4.40. The minimum atomic E-state index is -0.632. The summed E-state index contributed by atoms with van der Waals surface area (Å²) in [6, 6.07) is 7.89. The number of rotatable bonds is 4. The van der Waals surface area contributed by atoms with Crippen LogP contribution in [-0.2, 0) is 9.53 Å². The molecule has 2 aliphatic rings. The van der Waals surface area contributed by atoms with Crippen molar-refractivity contribution in [2.75, 3.05) is 7.11 Å². The smallest absolute Gasteiger partial charge is 0.425 e. The van der Waals surface area contributed by atoms with Crippen LogP contribution in [-0.4, -0.2) is 40.1 Å². The van der Waals surface area contributed by atoms with Crippen LogP contribution in [0.1, 0.15) is 44.9 Å². The SMILES string of the molecule is COC(=O)NN(C(=O)C1C2CCC(C2)C1c1ncc(-c2ccc(Br)cc2)[nH]1)C(C)C. The van der Waals surface area contributed by atoms with Crippen molar-refractivity contribution in [2.24, 2.45) is 17.8 Å². The number of fused-ring (bicyclic) bond motifs is 2. The zero-order valence-corrected chi connectivity index (χ0v) is 19.0. The molecule has 4 atom stereocenters. The summed E-state index contributed by atoms with van der Waals surface area (Å²) in [7, 11) is 1.30. The van der Waals surface area contributed by atoms with Gasteiger partial charge in [-0.15, -0.1) is 0 Å². The van der Waals surface area contributed by atoms with Crippen molar-refractivity contribution < 1.29 is 14.3 Å². The van der Waals surface area contributed by atoms with Crippen LogP contribution in [0.25, 0.3) is 11.3 Å². The van der Waals surface area contributed by atoms with Crippen LogP contribution < -0.4 is 5.43 Å². The second-order valence-corrected chi connectivity index (χ2v) is 9.39. The van der Waals surface area contributed by atoms with E-state index in [1.165, 1.54) is 12.1 Å². The maximum Gasteiger partial charge on any atom is 0.425 e. The minimum absolute atomic E-state index is 0.0288. The fourth-order valence-corrected chi connectivity index (χ4v) is 5.33. The Balaban J connectivity index is 1.61. The fraction of sp³-hybridized carbons (Fsp3) is 0.500. The van der Waals surface area contributed by atoms with Gasteiger partial charge in [-0.3, -0.25) is 4.79 Å². The first-order valence-corrected chi connectivity index (χ1v) is 11.2. The molecule has 0 aliphatic heterocycles. The fourth-order valence-electron chi connectivity index (χ4n) is 5.07. The number of nitrogens with one attached hydrogen (secondary N) is 2. The maximum absolute atomic E-state index is 13.5. The normalized spacial score (nSPS) is 24.8. The molecule has 2 N–H and O–H groups in total. The van der Waals surface area contributed by atoms with Gasteiger partial charge in [0.05, 0.1) is 24.9 Å². The summed E-state index contributed by atoms with van der Waals surface area (Å²) in [4.78, 5) is 33.5. The number of hydrazine groups is 1. The first kappa shape index (κ1) is 20.9.